The lowest BCUT2D eigenvalue weighted by atomic mass is 9.84. The second-order valence-corrected chi connectivity index (χ2v) is 6.69. The molecule has 21 heavy (non-hydrogen) atoms. The maximum absolute atomic E-state index is 12.4. The molecule has 1 amide bonds. The number of hydrogen-bond donors (Lipinski definition) is 3. The van der Waals surface area contributed by atoms with Crippen LogP contribution in [0, 0.1) is 23.7 Å². The van der Waals surface area contributed by atoms with Gasteiger partial charge >= 0.3 is 5.97 Å². The Morgan fingerprint density at radius 1 is 1.29 bits per heavy atom. The zero-order valence-corrected chi connectivity index (χ0v) is 11.7. The quantitative estimate of drug-likeness (QED) is 0.774. The molecule has 112 valence electrons. The Hall–Kier alpha value is -1.85. The molecule has 3 aliphatic carbocycles. The van der Waals surface area contributed by atoms with Crippen molar-refractivity contribution in [3.8, 4) is 0 Å². The van der Waals surface area contributed by atoms with E-state index in [1.54, 1.807) is 12.5 Å². The van der Waals surface area contributed by atoms with Crippen LogP contribution >= 0.6 is 0 Å². The zero-order chi connectivity index (χ0) is 14.6. The molecule has 1 heterocycles. The van der Waals surface area contributed by atoms with Crippen LogP contribution < -0.4 is 5.32 Å². The van der Waals surface area contributed by atoms with Gasteiger partial charge in [-0.25, -0.2) is 4.98 Å². The first kappa shape index (κ1) is 12.9. The van der Waals surface area contributed by atoms with Gasteiger partial charge in [-0.05, 0) is 37.5 Å². The first-order chi connectivity index (χ1) is 10.1. The van der Waals surface area contributed by atoms with Crippen LogP contribution in [0.15, 0.2) is 12.5 Å². The van der Waals surface area contributed by atoms with Gasteiger partial charge in [0.15, 0.2) is 0 Å². The van der Waals surface area contributed by atoms with Crippen LogP contribution in [0.1, 0.15) is 37.3 Å². The predicted octanol–water partition coefficient (Wildman–Crippen LogP) is 1.13. The van der Waals surface area contributed by atoms with Crippen LogP contribution in [-0.2, 0) is 9.59 Å². The average Bonchev–Trinajstić information content (AvgIpc) is 2.87. The van der Waals surface area contributed by atoms with Gasteiger partial charge in [0.1, 0.15) is 0 Å². The van der Waals surface area contributed by atoms with E-state index in [-0.39, 0.29) is 29.7 Å². The van der Waals surface area contributed by atoms with Gasteiger partial charge in [-0.1, -0.05) is 0 Å². The molecule has 6 nitrogen and oxygen atoms in total. The van der Waals surface area contributed by atoms with Crippen molar-refractivity contribution in [2.24, 2.45) is 23.7 Å². The number of rotatable bonds is 4. The van der Waals surface area contributed by atoms with Gasteiger partial charge in [0.25, 0.3) is 0 Å². The van der Waals surface area contributed by atoms with Gasteiger partial charge in [0.05, 0.1) is 12.2 Å². The summed E-state index contributed by atoms with van der Waals surface area (Å²) in [5, 5.41) is 12.5. The Bertz CT molecular complexity index is 571. The Morgan fingerprint density at radius 2 is 2.10 bits per heavy atom. The maximum Gasteiger partial charge on any atom is 0.308 e. The Kier molecular flexibility index (Phi) is 2.80. The molecule has 3 fully saturated rings. The van der Waals surface area contributed by atoms with E-state index >= 15 is 0 Å². The first-order valence-corrected chi connectivity index (χ1v) is 7.66. The Morgan fingerprint density at radius 3 is 2.81 bits per heavy atom. The summed E-state index contributed by atoms with van der Waals surface area (Å²) in [4.78, 5) is 30.9. The summed E-state index contributed by atoms with van der Waals surface area (Å²) in [5.41, 5.74) is 0.998. The van der Waals surface area contributed by atoms with Crippen LogP contribution in [0.3, 0.4) is 0 Å². The fourth-order valence-electron chi connectivity index (χ4n) is 4.42. The highest BCUT2D eigenvalue weighted by Gasteiger charge is 2.53. The predicted molar refractivity (Wildman–Crippen MR) is 73.3 cm³/mol. The summed E-state index contributed by atoms with van der Waals surface area (Å²) < 4.78 is 0. The fraction of sp³-hybridized carbons (Fsp3) is 0.667. The van der Waals surface area contributed by atoms with Crippen LogP contribution in [0.25, 0.3) is 0 Å². The van der Waals surface area contributed by atoms with Crippen molar-refractivity contribution >= 4 is 11.9 Å². The smallest absolute Gasteiger partial charge is 0.308 e. The molecule has 0 aromatic carbocycles. The van der Waals surface area contributed by atoms with Gasteiger partial charge < -0.3 is 15.4 Å². The third-order valence-corrected chi connectivity index (χ3v) is 5.56. The molecular weight excluding hydrogens is 270 g/mol. The normalized spacial score (nSPS) is 40.2. The number of aromatic nitrogens is 2. The summed E-state index contributed by atoms with van der Waals surface area (Å²) in [6.45, 7) is 0. The van der Waals surface area contributed by atoms with Crippen molar-refractivity contribution in [1.82, 2.24) is 15.3 Å². The van der Waals surface area contributed by atoms with E-state index in [4.69, 9.17) is 0 Å². The Balaban J connectivity index is 1.42. The average molecular weight is 289 g/mol. The number of carboxylic acid groups (broad SMARTS) is 1. The van der Waals surface area contributed by atoms with E-state index in [1.807, 2.05) is 0 Å². The summed E-state index contributed by atoms with van der Waals surface area (Å²) in [7, 11) is 0. The van der Waals surface area contributed by atoms with Crippen molar-refractivity contribution in [2.75, 3.05) is 0 Å². The van der Waals surface area contributed by atoms with Crippen molar-refractivity contribution in [3.05, 3.63) is 18.2 Å². The van der Waals surface area contributed by atoms with Crippen LogP contribution in [0.5, 0.6) is 0 Å². The molecule has 1 aromatic rings. The molecule has 2 bridgehead atoms. The molecule has 4 rings (SSSR count). The number of fused-ring (bicyclic) bond motifs is 2. The highest BCUT2D eigenvalue weighted by molar-refractivity contribution is 5.84. The minimum absolute atomic E-state index is 0.0124. The molecular formula is C15H19N3O3. The maximum atomic E-state index is 12.4. The molecule has 3 aliphatic rings. The molecule has 3 N–H and O–H groups in total. The summed E-state index contributed by atoms with van der Waals surface area (Å²) >= 11 is 0. The van der Waals surface area contributed by atoms with Gasteiger partial charge in [0.2, 0.25) is 5.91 Å². The number of aromatic amines is 1. The van der Waals surface area contributed by atoms with Crippen LogP contribution in [0.4, 0.5) is 0 Å². The number of nitrogens with one attached hydrogen (secondary N) is 2. The largest absolute Gasteiger partial charge is 0.481 e. The van der Waals surface area contributed by atoms with Gasteiger partial charge in [0, 0.05) is 29.8 Å². The highest BCUT2D eigenvalue weighted by Crippen LogP contribution is 2.50. The SMILES string of the molecule is O=C(O)[C@H]1[C@@H]2CC[C@@H](C2)[C@H]1NC(=O)[C@@H]1C[C@H]1c1cnc[nH]1. The minimum atomic E-state index is -0.756. The molecule has 6 heteroatoms. The number of carboxylic acids is 1. The number of amides is 1. The number of nitrogens with zero attached hydrogens (tertiary/aromatic N) is 1. The summed E-state index contributed by atoms with van der Waals surface area (Å²) in [6, 6.07) is -0.170. The van der Waals surface area contributed by atoms with Gasteiger partial charge in [-0.15, -0.1) is 0 Å². The number of imidazole rings is 1. The Labute approximate surface area is 122 Å². The standard InChI is InChI=1S/C15H19N3O3/c19-14(10-4-9(10)11-5-16-6-17-11)18-13-8-2-1-7(3-8)12(13)15(20)21/h5-10,12-13H,1-4H2,(H,16,17)(H,18,19)(H,20,21)/t7-,8+,9-,10-,12+,13-/m1/s1. The number of carbonyl (C=O) groups is 2. The third-order valence-electron chi connectivity index (χ3n) is 5.56. The van der Waals surface area contributed by atoms with E-state index in [1.165, 1.54) is 0 Å². The molecule has 0 aliphatic heterocycles. The fourth-order valence-corrected chi connectivity index (χ4v) is 4.42. The molecule has 1 aromatic heterocycles. The lowest BCUT2D eigenvalue weighted by Crippen LogP contribution is -2.47. The first-order valence-electron chi connectivity index (χ1n) is 7.66. The number of aliphatic carboxylic acids is 1. The lowest BCUT2D eigenvalue weighted by molar-refractivity contribution is -0.144. The van der Waals surface area contributed by atoms with Gasteiger partial charge in [-0.2, -0.15) is 0 Å². The van der Waals surface area contributed by atoms with Crippen LogP contribution in [-0.4, -0.2) is 33.0 Å². The molecule has 0 spiro atoms. The van der Waals surface area contributed by atoms with Crippen molar-refractivity contribution in [1.29, 1.82) is 0 Å². The number of carbonyl (C=O) groups excluding carboxylic acids is 1. The highest BCUT2D eigenvalue weighted by atomic mass is 16.4. The van der Waals surface area contributed by atoms with Crippen molar-refractivity contribution in [2.45, 2.75) is 37.6 Å². The van der Waals surface area contributed by atoms with Crippen molar-refractivity contribution < 1.29 is 14.7 Å². The second-order valence-electron chi connectivity index (χ2n) is 6.69. The molecule has 6 atom stereocenters. The number of H-pyrrole nitrogens is 1. The van der Waals surface area contributed by atoms with E-state index in [0.29, 0.717) is 5.92 Å². The molecule has 0 unspecified atom stereocenters. The number of hydrogen-bond acceptors (Lipinski definition) is 3. The third kappa shape index (κ3) is 2.04. The lowest BCUT2D eigenvalue weighted by Gasteiger charge is -2.29. The van der Waals surface area contributed by atoms with Crippen LogP contribution in [0.2, 0.25) is 0 Å². The molecule has 3 saturated carbocycles. The zero-order valence-electron chi connectivity index (χ0n) is 11.7. The summed E-state index contributed by atoms with van der Waals surface area (Å²) in [6.07, 6.45) is 7.21. The second kappa shape index (κ2) is 4.58. The molecule has 0 radical (unpaired) electrons. The molecule has 0 saturated heterocycles. The summed E-state index contributed by atoms with van der Waals surface area (Å²) in [5.74, 6) is -0.345. The van der Waals surface area contributed by atoms with E-state index in [2.05, 4.69) is 15.3 Å². The minimum Gasteiger partial charge on any atom is -0.481 e. The monoisotopic (exact) mass is 289 g/mol. The van der Waals surface area contributed by atoms with E-state index in [0.717, 1.165) is 31.4 Å². The van der Waals surface area contributed by atoms with E-state index in [9.17, 15) is 14.7 Å². The topological polar surface area (TPSA) is 95.1 Å². The van der Waals surface area contributed by atoms with Crippen molar-refractivity contribution in [3.63, 3.8) is 0 Å². The van der Waals surface area contributed by atoms with Gasteiger partial charge in [-0.3, -0.25) is 9.59 Å². The van der Waals surface area contributed by atoms with E-state index < -0.39 is 11.9 Å².